The van der Waals surface area contributed by atoms with E-state index in [1.807, 2.05) is 24.0 Å². The van der Waals surface area contributed by atoms with Crippen LogP contribution < -0.4 is 0 Å². The van der Waals surface area contributed by atoms with Crippen LogP contribution in [0.5, 0.6) is 0 Å². The topological polar surface area (TPSA) is 86.4 Å². The van der Waals surface area contributed by atoms with Crippen molar-refractivity contribution in [1.82, 2.24) is 19.2 Å². The average Bonchev–Trinajstić information content (AvgIpc) is 3.50. The van der Waals surface area contributed by atoms with Crippen molar-refractivity contribution in [1.29, 1.82) is 0 Å². The van der Waals surface area contributed by atoms with Crippen molar-refractivity contribution in [3.05, 3.63) is 59.4 Å². The number of aromatic nitrogens is 2. The zero-order valence-electron chi connectivity index (χ0n) is 19.8. The maximum Gasteiger partial charge on any atom is 0.254 e. The van der Waals surface area contributed by atoms with Crippen LogP contribution >= 0.6 is 0 Å². The Morgan fingerprint density at radius 3 is 2.50 bits per heavy atom. The van der Waals surface area contributed by atoms with Crippen molar-refractivity contribution in [3.63, 3.8) is 0 Å². The van der Waals surface area contributed by atoms with Crippen LogP contribution in [-0.4, -0.2) is 53.1 Å². The van der Waals surface area contributed by atoms with Crippen molar-refractivity contribution in [2.75, 3.05) is 13.6 Å². The molecular formula is C26H32N4O3S. The molecule has 1 saturated carbocycles. The number of nitrogens with one attached hydrogen (secondary N) is 1. The van der Waals surface area contributed by atoms with Crippen molar-refractivity contribution >= 4 is 27.0 Å². The zero-order valence-corrected chi connectivity index (χ0v) is 20.6. The number of imidazole rings is 1. The number of hydrogen-bond acceptors (Lipinski definition) is 4. The molecule has 1 atom stereocenters. The summed E-state index contributed by atoms with van der Waals surface area (Å²) < 4.78 is 27.8. The minimum atomic E-state index is -3.58. The third-order valence-electron chi connectivity index (χ3n) is 7.35. The lowest BCUT2D eigenvalue weighted by atomic mass is 9.96. The summed E-state index contributed by atoms with van der Waals surface area (Å²) >= 11 is 0. The quantitative estimate of drug-likeness (QED) is 0.568. The largest absolute Gasteiger partial charge is 0.340 e. The standard InChI is InChI=1S/C26H32N4O3S/c1-18-10-15-22-23(17-18)28-25(27-22)24-9-6-16-30(24)26(31)19-11-13-21(14-12-19)34(32,33)29(2)20-7-4-3-5-8-20/h10-15,17,20,24H,3-9,16H2,1-2H3,(H,27,28). The molecule has 1 unspecified atom stereocenters. The second kappa shape index (κ2) is 9.15. The van der Waals surface area contributed by atoms with E-state index in [1.165, 1.54) is 10.7 Å². The van der Waals surface area contributed by atoms with Crippen molar-refractivity contribution in [2.24, 2.45) is 0 Å². The zero-order chi connectivity index (χ0) is 23.9. The van der Waals surface area contributed by atoms with Crippen LogP contribution in [-0.2, 0) is 10.0 Å². The van der Waals surface area contributed by atoms with E-state index < -0.39 is 10.0 Å². The van der Waals surface area contributed by atoms with Gasteiger partial charge in [-0.05, 0) is 74.6 Å². The lowest BCUT2D eigenvalue weighted by Gasteiger charge is -2.30. The Kier molecular flexibility index (Phi) is 6.20. The summed E-state index contributed by atoms with van der Waals surface area (Å²) in [5.74, 6) is 0.712. The second-order valence-electron chi connectivity index (χ2n) is 9.64. The molecule has 180 valence electrons. The van der Waals surface area contributed by atoms with Crippen molar-refractivity contribution < 1.29 is 13.2 Å². The van der Waals surface area contributed by atoms with Crippen molar-refractivity contribution in [2.45, 2.75) is 68.8 Å². The van der Waals surface area contributed by atoms with Gasteiger partial charge in [-0.15, -0.1) is 0 Å². The summed E-state index contributed by atoms with van der Waals surface area (Å²) in [6, 6.07) is 12.5. The van der Waals surface area contributed by atoms with E-state index in [0.29, 0.717) is 12.1 Å². The number of nitrogens with zero attached hydrogens (tertiary/aromatic N) is 3. The first-order chi connectivity index (χ1) is 16.3. The van der Waals surface area contributed by atoms with Gasteiger partial charge in [0.25, 0.3) is 5.91 Å². The van der Waals surface area contributed by atoms with E-state index in [4.69, 9.17) is 4.98 Å². The first-order valence-corrected chi connectivity index (χ1v) is 13.6. The minimum absolute atomic E-state index is 0.0537. The van der Waals surface area contributed by atoms with Crippen LogP contribution in [0.15, 0.2) is 47.4 Å². The highest BCUT2D eigenvalue weighted by Gasteiger charge is 2.33. The van der Waals surface area contributed by atoms with E-state index in [-0.39, 0.29) is 22.9 Å². The smallest absolute Gasteiger partial charge is 0.254 e. The van der Waals surface area contributed by atoms with Crippen LogP contribution in [0.3, 0.4) is 0 Å². The number of H-pyrrole nitrogens is 1. The Labute approximate surface area is 201 Å². The fourth-order valence-electron chi connectivity index (χ4n) is 5.34. The number of carbonyl (C=O) groups excluding carboxylic acids is 1. The number of sulfonamides is 1. The van der Waals surface area contributed by atoms with Gasteiger partial charge in [-0.2, -0.15) is 4.31 Å². The van der Waals surface area contributed by atoms with Crippen LogP contribution in [0.2, 0.25) is 0 Å². The summed E-state index contributed by atoms with van der Waals surface area (Å²) in [6.07, 6.45) is 6.88. The molecule has 34 heavy (non-hydrogen) atoms. The van der Waals surface area contributed by atoms with Gasteiger partial charge >= 0.3 is 0 Å². The van der Waals surface area contributed by atoms with Gasteiger partial charge in [0.2, 0.25) is 10.0 Å². The molecule has 1 saturated heterocycles. The van der Waals surface area contributed by atoms with E-state index in [0.717, 1.165) is 60.9 Å². The van der Waals surface area contributed by atoms with Gasteiger partial charge < -0.3 is 9.88 Å². The monoisotopic (exact) mass is 480 g/mol. The molecule has 3 aromatic rings. The minimum Gasteiger partial charge on any atom is -0.340 e. The Bertz CT molecular complexity index is 1290. The van der Waals surface area contributed by atoms with Gasteiger partial charge in [-0.3, -0.25) is 4.79 Å². The van der Waals surface area contributed by atoms with Gasteiger partial charge in [0.1, 0.15) is 5.82 Å². The SMILES string of the molecule is Cc1ccc2nc(C3CCCN3C(=O)c3ccc(S(=O)(=O)N(C)C4CCCCC4)cc3)[nH]c2c1. The predicted molar refractivity (Wildman–Crippen MR) is 132 cm³/mol. The number of aromatic amines is 1. The van der Waals surface area contributed by atoms with Crippen molar-refractivity contribution in [3.8, 4) is 0 Å². The third-order valence-corrected chi connectivity index (χ3v) is 9.28. The molecule has 2 aromatic carbocycles. The maximum absolute atomic E-state index is 13.4. The van der Waals surface area contributed by atoms with Crippen LogP contribution in [0.4, 0.5) is 0 Å². The van der Waals surface area contributed by atoms with E-state index in [1.54, 1.807) is 31.3 Å². The first-order valence-electron chi connectivity index (χ1n) is 12.2. The summed E-state index contributed by atoms with van der Waals surface area (Å²) in [7, 11) is -1.90. The molecule has 2 heterocycles. The molecule has 7 nitrogen and oxygen atoms in total. The number of carbonyl (C=O) groups is 1. The number of likely N-dealkylation sites (tertiary alicyclic amines) is 1. The number of benzene rings is 2. The maximum atomic E-state index is 13.4. The second-order valence-corrected chi connectivity index (χ2v) is 11.6. The Balaban J connectivity index is 1.34. The molecule has 5 rings (SSSR count). The van der Waals surface area contributed by atoms with E-state index >= 15 is 0 Å². The Morgan fingerprint density at radius 1 is 1.03 bits per heavy atom. The molecule has 0 spiro atoms. The average molecular weight is 481 g/mol. The van der Waals surface area contributed by atoms with E-state index in [9.17, 15) is 13.2 Å². The molecule has 1 amide bonds. The van der Waals surface area contributed by atoms with Gasteiger partial charge in [0, 0.05) is 25.2 Å². The molecule has 8 heteroatoms. The Hall–Kier alpha value is -2.71. The fourth-order valence-corrected chi connectivity index (χ4v) is 6.75. The molecule has 1 aliphatic carbocycles. The molecule has 2 aliphatic rings. The summed E-state index contributed by atoms with van der Waals surface area (Å²) in [5, 5.41) is 0. The highest BCUT2D eigenvalue weighted by atomic mass is 32.2. The van der Waals surface area contributed by atoms with Crippen LogP contribution in [0.1, 0.15) is 72.7 Å². The number of fused-ring (bicyclic) bond motifs is 1. The van der Waals surface area contributed by atoms with Crippen LogP contribution in [0.25, 0.3) is 11.0 Å². The van der Waals surface area contributed by atoms with Gasteiger partial charge in [0.05, 0.1) is 22.0 Å². The highest BCUT2D eigenvalue weighted by molar-refractivity contribution is 7.89. The third kappa shape index (κ3) is 4.25. The van der Waals surface area contributed by atoms with Crippen LogP contribution in [0, 0.1) is 6.92 Å². The first kappa shape index (κ1) is 23.1. The number of hydrogen-bond donors (Lipinski definition) is 1. The van der Waals surface area contributed by atoms with Gasteiger partial charge in [0.15, 0.2) is 0 Å². The molecule has 2 fully saturated rings. The number of aryl methyl sites for hydroxylation is 1. The number of amides is 1. The molecule has 1 N–H and O–H groups in total. The summed E-state index contributed by atoms with van der Waals surface area (Å²) in [6.45, 7) is 2.70. The molecular weight excluding hydrogens is 448 g/mol. The van der Waals surface area contributed by atoms with Gasteiger partial charge in [-0.1, -0.05) is 25.3 Å². The lowest BCUT2D eigenvalue weighted by molar-refractivity contribution is 0.0730. The Morgan fingerprint density at radius 2 is 1.76 bits per heavy atom. The molecule has 1 aliphatic heterocycles. The molecule has 0 radical (unpaired) electrons. The highest BCUT2D eigenvalue weighted by Crippen LogP contribution is 2.33. The predicted octanol–water partition coefficient (Wildman–Crippen LogP) is 4.80. The fraction of sp³-hybridized carbons (Fsp3) is 0.462. The molecule has 1 aromatic heterocycles. The summed E-state index contributed by atoms with van der Waals surface area (Å²) in [4.78, 5) is 23.6. The molecule has 0 bridgehead atoms. The van der Waals surface area contributed by atoms with Gasteiger partial charge in [-0.25, -0.2) is 13.4 Å². The number of rotatable bonds is 5. The van der Waals surface area contributed by atoms with E-state index in [2.05, 4.69) is 11.1 Å². The lowest BCUT2D eigenvalue weighted by Crippen LogP contribution is -2.38. The summed E-state index contributed by atoms with van der Waals surface area (Å²) in [5.41, 5.74) is 3.53. The normalized spacial score (nSPS) is 19.9.